The van der Waals surface area contributed by atoms with Gasteiger partial charge in [0.2, 0.25) is 5.91 Å². The van der Waals surface area contributed by atoms with Gasteiger partial charge < -0.3 is 5.32 Å². The van der Waals surface area contributed by atoms with E-state index in [2.05, 4.69) is 54.5 Å². The highest BCUT2D eigenvalue weighted by Crippen LogP contribution is 2.29. The average Bonchev–Trinajstić information content (AvgIpc) is 3.01. The molecule has 7 heteroatoms. The lowest BCUT2D eigenvalue weighted by molar-refractivity contribution is -0.113. The molecule has 0 bridgehead atoms. The van der Waals surface area contributed by atoms with Crippen LogP contribution >= 0.6 is 34.9 Å². The minimum Gasteiger partial charge on any atom is -0.325 e. The van der Waals surface area contributed by atoms with Crippen LogP contribution in [0.5, 0.6) is 0 Å². The Kier molecular flexibility index (Phi) is 7.39. The van der Waals surface area contributed by atoms with E-state index < -0.39 is 0 Å². The molecular formula is C16H21N3OS3. The number of anilines is 1. The molecule has 124 valence electrons. The van der Waals surface area contributed by atoms with E-state index >= 15 is 0 Å². The van der Waals surface area contributed by atoms with Crippen molar-refractivity contribution in [3.63, 3.8) is 0 Å². The van der Waals surface area contributed by atoms with Crippen molar-refractivity contribution in [3.05, 3.63) is 29.3 Å². The molecule has 0 aliphatic rings. The Morgan fingerprint density at radius 2 is 1.70 bits per heavy atom. The van der Waals surface area contributed by atoms with Crippen molar-refractivity contribution in [1.82, 2.24) is 10.2 Å². The molecule has 2 rings (SSSR count). The van der Waals surface area contributed by atoms with Gasteiger partial charge in [0.15, 0.2) is 8.68 Å². The quantitative estimate of drug-likeness (QED) is 0.696. The first kappa shape index (κ1) is 18.3. The number of hydrogen-bond acceptors (Lipinski definition) is 6. The van der Waals surface area contributed by atoms with Crippen LogP contribution in [0.15, 0.2) is 26.9 Å². The maximum Gasteiger partial charge on any atom is 0.234 e. The van der Waals surface area contributed by atoms with Crippen LogP contribution in [0.25, 0.3) is 0 Å². The minimum atomic E-state index is 0.00509. The second-order valence-corrected chi connectivity index (χ2v) is 8.47. The van der Waals surface area contributed by atoms with Gasteiger partial charge in [-0.25, -0.2) is 0 Å². The molecule has 0 saturated carbocycles. The van der Waals surface area contributed by atoms with Crippen LogP contribution in [-0.4, -0.2) is 27.6 Å². The topological polar surface area (TPSA) is 54.9 Å². The summed E-state index contributed by atoms with van der Waals surface area (Å²) in [5.74, 6) is 1.34. The third kappa shape index (κ3) is 5.22. The molecule has 1 N–H and O–H groups in total. The van der Waals surface area contributed by atoms with Crippen LogP contribution in [0.3, 0.4) is 0 Å². The Morgan fingerprint density at radius 1 is 1.09 bits per heavy atom. The second-order valence-electron chi connectivity index (χ2n) is 4.76. The molecule has 0 unspecified atom stereocenters. The maximum atomic E-state index is 12.3. The molecule has 0 atom stereocenters. The molecule has 23 heavy (non-hydrogen) atoms. The van der Waals surface area contributed by atoms with E-state index in [1.165, 1.54) is 22.9 Å². The number of nitrogens with one attached hydrogen (secondary N) is 1. The average molecular weight is 368 g/mol. The highest BCUT2D eigenvalue weighted by atomic mass is 32.2. The number of para-hydroxylation sites is 1. The zero-order chi connectivity index (χ0) is 16.7. The fraction of sp³-hybridized carbons (Fsp3) is 0.438. The third-order valence-corrected chi connectivity index (χ3v) is 6.32. The van der Waals surface area contributed by atoms with Gasteiger partial charge >= 0.3 is 0 Å². The van der Waals surface area contributed by atoms with Crippen LogP contribution in [0.1, 0.15) is 31.9 Å². The molecule has 1 heterocycles. The van der Waals surface area contributed by atoms with E-state index in [-0.39, 0.29) is 5.91 Å². The molecule has 4 nitrogen and oxygen atoms in total. The number of amides is 1. The first-order valence-corrected chi connectivity index (χ1v) is 10.5. The summed E-state index contributed by atoms with van der Waals surface area (Å²) >= 11 is 4.66. The molecule has 0 aliphatic heterocycles. The number of benzene rings is 1. The number of hydrogen-bond donors (Lipinski definition) is 1. The van der Waals surface area contributed by atoms with Gasteiger partial charge in [0.05, 0.1) is 5.75 Å². The monoisotopic (exact) mass is 367 g/mol. The SMILES string of the molecule is CCSc1nnc(SCC(=O)Nc2c(CC)cccc2CC)s1. The van der Waals surface area contributed by atoms with Gasteiger partial charge in [-0.3, -0.25) is 4.79 Å². The summed E-state index contributed by atoms with van der Waals surface area (Å²) in [4.78, 5) is 12.3. The van der Waals surface area contributed by atoms with E-state index in [4.69, 9.17) is 0 Å². The first-order valence-electron chi connectivity index (χ1n) is 7.67. The molecule has 2 aromatic rings. The number of aryl methyl sites for hydroxylation is 2. The van der Waals surface area contributed by atoms with Crippen LogP contribution in [0.4, 0.5) is 5.69 Å². The summed E-state index contributed by atoms with van der Waals surface area (Å²) in [5.41, 5.74) is 3.34. The van der Waals surface area contributed by atoms with E-state index in [0.717, 1.165) is 33.0 Å². The molecule has 0 aliphatic carbocycles. The van der Waals surface area contributed by atoms with Crippen molar-refractivity contribution in [3.8, 4) is 0 Å². The van der Waals surface area contributed by atoms with Gasteiger partial charge in [0.1, 0.15) is 0 Å². The van der Waals surface area contributed by atoms with Crippen molar-refractivity contribution >= 4 is 46.5 Å². The molecule has 0 saturated heterocycles. The number of thioether (sulfide) groups is 2. The summed E-state index contributed by atoms with van der Waals surface area (Å²) in [7, 11) is 0. The summed E-state index contributed by atoms with van der Waals surface area (Å²) < 4.78 is 1.80. The van der Waals surface area contributed by atoms with E-state index in [1.807, 2.05) is 0 Å². The summed E-state index contributed by atoms with van der Waals surface area (Å²) in [6, 6.07) is 6.19. The summed E-state index contributed by atoms with van der Waals surface area (Å²) in [5, 5.41) is 11.3. The smallest absolute Gasteiger partial charge is 0.234 e. The molecule has 0 fully saturated rings. The van der Waals surface area contributed by atoms with E-state index in [1.54, 1.807) is 23.1 Å². The van der Waals surface area contributed by atoms with Gasteiger partial charge in [-0.05, 0) is 29.7 Å². The number of carbonyl (C=O) groups is 1. The highest BCUT2D eigenvalue weighted by Gasteiger charge is 2.12. The normalized spacial score (nSPS) is 10.7. The molecule has 1 amide bonds. The van der Waals surface area contributed by atoms with E-state index in [0.29, 0.717) is 5.75 Å². The van der Waals surface area contributed by atoms with E-state index in [9.17, 15) is 4.79 Å². The standard InChI is InChI=1S/C16H21N3OS3/c1-4-11-8-7-9-12(5-2)14(11)17-13(20)10-22-16-19-18-15(23-16)21-6-3/h7-9H,4-6,10H2,1-3H3,(H,17,20). The zero-order valence-corrected chi connectivity index (χ0v) is 16.0. The molecule has 1 aromatic heterocycles. The van der Waals surface area contributed by atoms with Crippen molar-refractivity contribution in [1.29, 1.82) is 0 Å². The first-order chi connectivity index (χ1) is 11.2. The fourth-order valence-electron chi connectivity index (χ4n) is 2.14. The van der Waals surface area contributed by atoms with Gasteiger partial charge in [0.25, 0.3) is 0 Å². The van der Waals surface area contributed by atoms with Crippen LogP contribution < -0.4 is 5.32 Å². The predicted octanol–water partition coefficient (Wildman–Crippen LogP) is 4.51. The highest BCUT2D eigenvalue weighted by molar-refractivity contribution is 8.03. The minimum absolute atomic E-state index is 0.00509. The Labute approximate surface area is 149 Å². The zero-order valence-electron chi connectivity index (χ0n) is 13.6. The van der Waals surface area contributed by atoms with Crippen molar-refractivity contribution in [2.24, 2.45) is 0 Å². The van der Waals surface area contributed by atoms with Gasteiger partial charge in [-0.2, -0.15) is 0 Å². The van der Waals surface area contributed by atoms with Gasteiger partial charge in [0, 0.05) is 5.69 Å². The Balaban J connectivity index is 1.96. The Morgan fingerprint density at radius 3 is 2.26 bits per heavy atom. The number of aromatic nitrogens is 2. The lowest BCUT2D eigenvalue weighted by atomic mass is 10.0. The Hall–Kier alpha value is -1.05. The molecule has 0 radical (unpaired) electrons. The van der Waals surface area contributed by atoms with Gasteiger partial charge in [-0.15, -0.1) is 10.2 Å². The van der Waals surface area contributed by atoms with Crippen molar-refractivity contribution < 1.29 is 4.79 Å². The van der Waals surface area contributed by atoms with Crippen LogP contribution in [-0.2, 0) is 17.6 Å². The lowest BCUT2D eigenvalue weighted by Crippen LogP contribution is -2.16. The predicted molar refractivity (Wildman–Crippen MR) is 101 cm³/mol. The molecule has 1 aromatic carbocycles. The molecule has 0 spiro atoms. The number of carbonyl (C=O) groups excluding carboxylic acids is 1. The Bertz CT molecular complexity index is 636. The second kappa shape index (κ2) is 9.30. The number of nitrogens with zero attached hydrogens (tertiary/aromatic N) is 2. The maximum absolute atomic E-state index is 12.3. The fourth-order valence-corrected chi connectivity index (χ4v) is 4.86. The summed E-state index contributed by atoms with van der Waals surface area (Å²) in [6.45, 7) is 6.30. The lowest BCUT2D eigenvalue weighted by Gasteiger charge is -2.14. The van der Waals surface area contributed by atoms with Crippen LogP contribution in [0, 0.1) is 0 Å². The van der Waals surface area contributed by atoms with Gasteiger partial charge in [-0.1, -0.05) is 73.8 Å². The molecular weight excluding hydrogens is 346 g/mol. The van der Waals surface area contributed by atoms with Crippen molar-refractivity contribution in [2.45, 2.75) is 42.3 Å². The van der Waals surface area contributed by atoms with Crippen LogP contribution in [0.2, 0.25) is 0 Å². The number of rotatable bonds is 8. The third-order valence-electron chi connectivity index (χ3n) is 3.25. The largest absolute Gasteiger partial charge is 0.325 e. The summed E-state index contributed by atoms with van der Waals surface area (Å²) in [6.07, 6.45) is 1.81. The van der Waals surface area contributed by atoms with Crippen molar-refractivity contribution in [2.75, 3.05) is 16.8 Å².